The third-order valence-corrected chi connectivity index (χ3v) is 4.91. The van der Waals surface area contributed by atoms with E-state index in [0.717, 1.165) is 27.8 Å². The van der Waals surface area contributed by atoms with Crippen molar-refractivity contribution in [3.8, 4) is 22.8 Å². The quantitative estimate of drug-likeness (QED) is 0.398. The van der Waals surface area contributed by atoms with E-state index in [4.69, 9.17) is 19.0 Å². The summed E-state index contributed by atoms with van der Waals surface area (Å²) in [4.78, 5) is 21.8. The molecule has 0 aliphatic rings. The molecule has 0 spiro atoms. The van der Waals surface area contributed by atoms with E-state index in [2.05, 4.69) is 27.9 Å². The molecule has 8 heteroatoms. The van der Waals surface area contributed by atoms with E-state index in [1.54, 1.807) is 24.7 Å². The van der Waals surface area contributed by atoms with Crippen LogP contribution in [0.4, 0.5) is 11.5 Å². The van der Waals surface area contributed by atoms with Gasteiger partial charge in [-0.25, -0.2) is 14.8 Å². The first-order valence-electron chi connectivity index (χ1n) is 10.3. The Balaban J connectivity index is 1.66. The Morgan fingerprint density at radius 2 is 1.84 bits per heavy atom. The van der Waals surface area contributed by atoms with Crippen molar-refractivity contribution in [1.29, 1.82) is 0 Å². The van der Waals surface area contributed by atoms with Crippen molar-refractivity contribution in [3.63, 3.8) is 0 Å². The molecule has 0 atom stereocenters. The summed E-state index contributed by atoms with van der Waals surface area (Å²) in [6.07, 6.45) is 4.97. The summed E-state index contributed by atoms with van der Waals surface area (Å²) >= 11 is 0. The molecule has 4 rings (SSSR count). The van der Waals surface area contributed by atoms with Crippen LogP contribution in [0.1, 0.15) is 13.8 Å². The van der Waals surface area contributed by atoms with Gasteiger partial charge in [-0.05, 0) is 50.2 Å². The van der Waals surface area contributed by atoms with Crippen LogP contribution in [-0.2, 0) is 4.79 Å². The predicted molar refractivity (Wildman–Crippen MR) is 121 cm³/mol. The number of anilines is 2. The van der Waals surface area contributed by atoms with E-state index in [1.165, 1.54) is 6.33 Å². The molecule has 164 valence electrons. The second-order valence-electron chi connectivity index (χ2n) is 6.97. The molecular formula is C24H23N3O5. The average molecular weight is 433 g/mol. The summed E-state index contributed by atoms with van der Waals surface area (Å²) in [5.74, 6) is 0.537. The van der Waals surface area contributed by atoms with Gasteiger partial charge in [-0.15, -0.1) is 0 Å². The molecule has 0 aliphatic heterocycles. The average Bonchev–Trinajstić information content (AvgIpc) is 3.27. The number of carboxylic acid groups (broad SMARTS) is 1. The molecule has 1 N–H and O–H groups in total. The Hall–Kier alpha value is -4.07. The van der Waals surface area contributed by atoms with Crippen molar-refractivity contribution in [2.45, 2.75) is 13.8 Å². The van der Waals surface area contributed by atoms with E-state index in [1.807, 2.05) is 31.2 Å². The normalized spacial score (nSPS) is 10.8. The standard InChI is InChI=1S/C24H23N3O5/c1-3-27(19-7-5-17-12-30-13-18(17)9-19)23-11-20(25-15-26-23)16-6-8-21(32-14-24(28)29)22(10-16)31-4-2/h5-13,15H,3-4,14H2,1-2H3,(H,28,29). The van der Waals surface area contributed by atoms with Gasteiger partial charge in [-0.3, -0.25) is 0 Å². The highest BCUT2D eigenvalue weighted by atomic mass is 16.5. The molecule has 4 aromatic rings. The van der Waals surface area contributed by atoms with Crippen LogP contribution < -0.4 is 14.4 Å². The fourth-order valence-electron chi connectivity index (χ4n) is 3.44. The molecule has 0 saturated carbocycles. The maximum Gasteiger partial charge on any atom is 0.341 e. The predicted octanol–water partition coefficient (Wildman–Crippen LogP) is 4.91. The SMILES string of the molecule is CCOc1cc(-c2cc(N(CC)c3ccc4cocc4c3)ncn2)ccc1OCC(=O)O. The summed E-state index contributed by atoms with van der Waals surface area (Å²) in [5.41, 5.74) is 2.52. The Labute approximate surface area is 185 Å². The second kappa shape index (κ2) is 9.38. The van der Waals surface area contributed by atoms with Gasteiger partial charge in [-0.2, -0.15) is 0 Å². The number of benzene rings is 2. The molecule has 0 radical (unpaired) electrons. The Morgan fingerprint density at radius 3 is 2.62 bits per heavy atom. The molecule has 0 saturated heterocycles. The van der Waals surface area contributed by atoms with Crippen LogP contribution in [0.2, 0.25) is 0 Å². The summed E-state index contributed by atoms with van der Waals surface area (Å²) in [5, 5.41) is 10.9. The van der Waals surface area contributed by atoms with Gasteiger partial charge in [0.25, 0.3) is 0 Å². The maximum atomic E-state index is 10.8. The van der Waals surface area contributed by atoms with Crippen molar-refractivity contribution < 1.29 is 23.8 Å². The number of carbonyl (C=O) groups is 1. The lowest BCUT2D eigenvalue weighted by Gasteiger charge is -2.22. The highest BCUT2D eigenvalue weighted by Gasteiger charge is 2.14. The van der Waals surface area contributed by atoms with Gasteiger partial charge in [-0.1, -0.05) is 0 Å². The molecule has 0 fully saturated rings. The number of aromatic nitrogens is 2. The van der Waals surface area contributed by atoms with Gasteiger partial charge < -0.3 is 23.9 Å². The van der Waals surface area contributed by atoms with Gasteiger partial charge in [0.05, 0.1) is 24.8 Å². The highest BCUT2D eigenvalue weighted by Crippen LogP contribution is 2.34. The third kappa shape index (κ3) is 4.49. The summed E-state index contributed by atoms with van der Waals surface area (Å²) in [6, 6.07) is 13.3. The van der Waals surface area contributed by atoms with E-state index in [0.29, 0.717) is 30.3 Å². The fourth-order valence-corrected chi connectivity index (χ4v) is 3.44. The summed E-state index contributed by atoms with van der Waals surface area (Å²) in [6.45, 7) is 4.60. The second-order valence-corrected chi connectivity index (χ2v) is 6.97. The van der Waals surface area contributed by atoms with Gasteiger partial charge in [0, 0.05) is 34.6 Å². The van der Waals surface area contributed by atoms with Crippen molar-refractivity contribution >= 4 is 28.2 Å². The topological polar surface area (TPSA) is 97.9 Å². The van der Waals surface area contributed by atoms with Crippen LogP contribution in [0.15, 0.2) is 65.7 Å². The molecule has 32 heavy (non-hydrogen) atoms. The van der Waals surface area contributed by atoms with Crippen molar-refractivity contribution in [2.75, 3.05) is 24.7 Å². The zero-order valence-electron chi connectivity index (χ0n) is 17.8. The highest BCUT2D eigenvalue weighted by molar-refractivity contribution is 5.85. The fraction of sp³-hybridized carbons (Fsp3) is 0.208. The van der Waals surface area contributed by atoms with E-state index in [9.17, 15) is 4.79 Å². The monoisotopic (exact) mass is 433 g/mol. The summed E-state index contributed by atoms with van der Waals surface area (Å²) in [7, 11) is 0. The lowest BCUT2D eigenvalue weighted by molar-refractivity contribution is -0.139. The van der Waals surface area contributed by atoms with E-state index < -0.39 is 12.6 Å². The molecule has 0 unspecified atom stereocenters. The first kappa shape index (κ1) is 21.2. The molecule has 2 aromatic heterocycles. The Kier molecular flexibility index (Phi) is 6.21. The first-order valence-corrected chi connectivity index (χ1v) is 10.3. The van der Waals surface area contributed by atoms with Crippen LogP contribution in [0.25, 0.3) is 22.0 Å². The number of hydrogen-bond donors (Lipinski definition) is 1. The minimum Gasteiger partial charge on any atom is -0.490 e. The lowest BCUT2D eigenvalue weighted by Crippen LogP contribution is -2.17. The van der Waals surface area contributed by atoms with Crippen molar-refractivity contribution in [2.24, 2.45) is 0 Å². The minimum atomic E-state index is -1.05. The van der Waals surface area contributed by atoms with Gasteiger partial charge >= 0.3 is 5.97 Å². The molecule has 2 aromatic carbocycles. The Bertz CT molecular complexity index is 1240. The van der Waals surface area contributed by atoms with Crippen LogP contribution in [-0.4, -0.2) is 40.8 Å². The number of furan rings is 1. The Morgan fingerprint density at radius 1 is 1.00 bits per heavy atom. The van der Waals surface area contributed by atoms with Crippen LogP contribution in [0.3, 0.4) is 0 Å². The molecule has 2 heterocycles. The molecule has 8 nitrogen and oxygen atoms in total. The molecule has 0 amide bonds. The number of fused-ring (bicyclic) bond motifs is 1. The number of hydrogen-bond acceptors (Lipinski definition) is 7. The lowest BCUT2D eigenvalue weighted by atomic mass is 10.1. The maximum absolute atomic E-state index is 10.8. The minimum absolute atomic E-state index is 0.371. The number of ether oxygens (including phenoxy) is 2. The number of rotatable bonds is 9. The zero-order valence-corrected chi connectivity index (χ0v) is 17.8. The smallest absolute Gasteiger partial charge is 0.341 e. The number of nitrogens with zero attached hydrogens (tertiary/aromatic N) is 3. The van der Waals surface area contributed by atoms with E-state index in [-0.39, 0.29) is 0 Å². The van der Waals surface area contributed by atoms with Gasteiger partial charge in [0.15, 0.2) is 18.1 Å². The van der Waals surface area contributed by atoms with Crippen molar-refractivity contribution in [3.05, 3.63) is 61.3 Å². The number of aliphatic carboxylic acids is 1. The third-order valence-electron chi connectivity index (χ3n) is 4.91. The van der Waals surface area contributed by atoms with Gasteiger partial charge in [0.1, 0.15) is 12.1 Å². The van der Waals surface area contributed by atoms with Gasteiger partial charge in [0.2, 0.25) is 0 Å². The van der Waals surface area contributed by atoms with Crippen molar-refractivity contribution in [1.82, 2.24) is 9.97 Å². The van der Waals surface area contributed by atoms with Crippen LogP contribution >= 0.6 is 0 Å². The summed E-state index contributed by atoms with van der Waals surface area (Å²) < 4.78 is 16.3. The molecule has 0 bridgehead atoms. The molecular weight excluding hydrogens is 410 g/mol. The van der Waals surface area contributed by atoms with E-state index >= 15 is 0 Å². The van der Waals surface area contributed by atoms with Crippen LogP contribution in [0, 0.1) is 0 Å². The van der Waals surface area contributed by atoms with Crippen LogP contribution in [0.5, 0.6) is 11.5 Å². The largest absolute Gasteiger partial charge is 0.490 e. The molecule has 0 aliphatic carbocycles. The zero-order chi connectivity index (χ0) is 22.5. The first-order chi connectivity index (χ1) is 15.6. The number of carboxylic acids is 1.